The lowest BCUT2D eigenvalue weighted by Crippen LogP contribution is -2.27. The van der Waals surface area contributed by atoms with Crippen LogP contribution in [0.15, 0.2) is 23.8 Å². The summed E-state index contributed by atoms with van der Waals surface area (Å²) in [4.78, 5) is 16.5. The number of carbonyl (C=O) groups is 1. The second-order valence-corrected chi connectivity index (χ2v) is 4.02. The highest BCUT2D eigenvalue weighted by Crippen LogP contribution is 2.18. The van der Waals surface area contributed by atoms with Gasteiger partial charge in [0.15, 0.2) is 0 Å². The molecule has 0 aromatic carbocycles. The zero-order chi connectivity index (χ0) is 10.7. The van der Waals surface area contributed by atoms with E-state index in [0.717, 1.165) is 4.88 Å². The van der Waals surface area contributed by atoms with Gasteiger partial charge < -0.3 is 5.32 Å². The Labute approximate surface area is 90.6 Å². The lowest BCUT2D eigenvalue weighted by atomic mass is 10.3. The van der Waals surface area contributed by atoms with Gasteiger partial charge in [-0.15, -0.1) is 11.3 Å². The van der Waals surface area contributed by atoms with E-state index in [-0.39, 0.29) is 17.8 Å². The van der Waals surface area contributed by atoms with E-state index in [1.165, 1.54) is 6.33 Å². The molecule has 5 nitrogen and oxygen atoms in total. The van der Waals surface area contributed by atoms with Gasteiger partial charge in [-0.25, -0.2) is 4.98 Å². The molecule has 2 rings (SSSR count). The minimum Gasteiger partial charge on any atom is -0.342 e. The topological polar surface area (TPSA) is 70.7 Å². The van der Waals surface area contributed by atoms with Gasteiger partial charge in [-0.2, -0.15) is 5.10 Å². The molecule has 15 heavy (non-hydrogen) atoms. The van der Waals surface area contributed by atoms with Crippen molar-refractivity contribution in [3.05, 3.63) is 34.5 Å². The van der Waals surface area contributed by atoms with Crippen LogP contribution in [-0.4, -0.2) is 21.1 Å². The van der Waals surface area contributed by atoms with Crippen LogP contribution in [0.4, 0.5) is 0 Å². The van der Waals surface area contributed by atoms with Crippen LogP contribution in [0.2, 0.25) is 0 Å². The number of H-pyrrole nitrogens is 1. The number of amides is 1. The third kappa shape index (κ3) is 2.21. The van der Waals surface area contributed by atoms with Gasteiger partial charge in [0.05, 0.1) is 6.04 Å². The zero-order valence-electron chi connectivity index (χ0n) is 8.10. The number of aromatic amines is 1. The lowest BCUT2D eigenvalue weighted by molar-refractivity contribution is 0.0930. The Morgan fingerprint density at radius 2 is 2.53 bits per heavy atom. The Bertz CT molecular complexity index is 423. The molecule has 0 aliphatic carbocycles. The second kappa shape index (κ2) is 4.22. The molecule has 0 fully saturated rings. The van der Waals surface area contributed by atoms with Crippen molar-refractivity contribution >= 4 is 17.2 Å². The van der Waals surface area contributed by atoms with E-state index in [0.29, 0.717) is 0 Å². The number of aromatic nitrogens is 3. The van der Waals surface area contributed by atoms with E-state index in [2.05, 4.69) is 20.5 Å². The first-order valence-corrected chi connectivity index (χ1v) is 5.35. The SMILES string of the molecule is CC(NC(=O)c1ncn[nH]1)c1cccs1. The predicted molar refractivity (Wildman–Crippen MR) is 56.6 cm³/mol. The molecule has 0 aliphatic heterocycles. The fourth-order valence-electron chi connectivity index (χ4n) is 1.19. The Hall–Kier alpha value is -1.69. The zero-order valence-corrected chi connectivity index (χ0v) is 8.91. The van der Waals surface area contributed by atoms with Crippen molar-refractivity contribution in [1.29, 1.82) is 0 Å². The Morgan fingerprint density at radius 3 is 3.13 bits per heavy atom. The summed E-state index contributed by atoms with van der Waals surface area (Å²) in [5.74, 6) is -0.00759. The van der Waals surface area contributed by atoms with Gasteiger partial charge in [0.2, 0.25) is 5.82 Å². The molecule has 0 saturated carbocycles. The lowest BCUT2D eigenvalue weighted by Gasteiger charge is -2.10. The van der Waals surface area contributed by atoms with Crippen molar-refractivity contribution in [2.45, 2.75) is 13.0 Å². The first-order chi connectivity index (χ1) is 7.27. The van der Waals surface area contributed by atoms with Crippen LogP contribution in [0.3, 0.4) is 0 Å². The Balaban J connectivity index is 2.01. The van der Waals surface area contributed by atoms with Crippen LogP contribution >= 0.6 is 11.3 Å². The number of hydrogen-bond acceptors (Lipinski definition) is 4. The van der Waals surface area contributed by atoms with Crippen LogP contribution in [0.5, 0.6) is 0 Å². The van der Waals surface area contributed by atoms with Crippen LogP contribution in [0.1, 0.15) is 28.5 Å². The summed E-state index contributed by atoms with van der Waals surface area (Å²) in [6.45, 7) is 1.93. The summed E-state index contributed by atoms with van der Waals surface area (Å²) in [7, 11) is 0. The van der Waals surface area contributed by atoms with Gasteiger partial charge in [0.1, 0.15) is 6.33 Å². The molecule has 2 heterocycles. The van der Waals surface area contributed by atoms with Crippen LogP contribution in [0, 0.1) is 0 Å². The van der Waals surface area contributed by atoms with E-state index in [1.54, 1.807) is 11.3 Å². The Kier molecular flexibility index (Phi) is 2.77. The molecular weight excluding hydrogens is 212 g/mol. The van der Waals surface area contributed by atoms with Crippen LogP contribution < -0.4 is 5.32 Å². The molecule has 1 atom stereocenters. The summed E-state index contributed by atoms with van der Waals surface area (Å²) < 4.78 is 0. The number of carbonyl (C=O) groups excluding carboxylic acids is 1. The van der Waals surface area contributed by atoms with Gasteiger partial charge in [-0.3, -0.25) is 9.89 Å². The molecule has 2 N–H and O–H groups in total. The summed E-state index contributed by atoms with van der Waals surface area (Å²) in [5.41, 5.74) is 0. The molecule has 2 aromatic heterocycles. The van der Waals surface area contributed by atoms with Crippen molar-refractivity contribution in [2.24, 2.45) is 0 Å². The molecule has 0 saturated heterocycles. The summed E-state index contributed by atoms with van der Waals surface area (Å²) in [6.07, 6.45) is 1.31. The second-order valence-electron chi connectivity index (χ2n) is 3.04. The highest BCUT2D eigenvalue weighted by molar-refractivity contribution is 7.10. The standard InChI is InChI=1S/C9H10N4OS/c1-6(7-3-2-4-15-7)12-9(14)8-10-5-11-13-8/h2-6H,1H3,(H,12,14)(H,10,11,13). The van der Waals surface area contributed by atoms with Crippen LogP contribution in [0.25, 0.3) is 0 Å². The monoisotopic (exact) mass is 222 g/mol. The highest BCUT2D eigenvalue weighted by atomic mass is 32.1. The van der Waals surface area contributed by atoms with Gasteiger partial charge in [0.25, 0.3) is 5.91 Å². The van der Waals surface area contributed by atoms with Crippen molar-refractivity contribution in [1.82, 2.24) is 20.5 Å². The summed E-state index contributed by atoms with van der Waals surface area (Å²) in [5, 5.41) is 10.9. The molecule has 0 aliphatic rings. The molecule has 6 heteroatoms. The van der Waals surface area contributed by atoms with Gasteiger partial charge >= 0.3 is 0 Å². The molecule has 0 radical (unpaired) electrons. The molecule has 2 aromatic rings. The summed E-state index contributed by atoms with van der Waals surface area (Å²) in [6, 6.07) is 3.93. The maximum absolute atomic E-state index is 11.6. The minimum absolute atomic E-state index is 0.0115. The molecular formula is C9H10N4OS. The predicted octanol–water partition coefficient (Wildman–Crippen LogP) is 1.36. The largest absolute Gasteiger partial charge is 0.342 e. The van der Waals surface area contributed by atoms with E-state index in [1.807, 2.05) is 24.4 Å². The van der Waals surface area contributed by atoms with Crippen molar-refractivity contribution < 1.29 is 4.79 Å². The third-order valence-electron chi connectivity index (χ3n) is 1.95. The highest BCUT2D eigenvalue weighted by Gasteiger charge is 2.13. The van der Waals surface area contributed by atoms with Crippen LogP contribution in [-0.2, 0) is 0 Å². The van der Waals surface area contributed by atoms with Gasteiger partial charge in [0, 0.05) is 4.88 Å². The number of hydrogen-bond donors (Lipinski definition) is 2. The Morgan fingerprint density at radius 1 is 1.67 bits per heavy atom. The van der Waals surface area contributed by atoms with E-state index < -0.39 is 0 Å². The average Bonchev–Trinajstić information content (AvgIpc) is 2.91. The minimum atomic E-state index is -0.242. The number of rotatable bonds is 3. The average molecular weight is 222 g/mol. The van der Waals surface area contributed by atoms with E-state index in [4.69, 9.17) is 0 Å². The number of nitrogens with one attached hydrogen (secondary N) is 2. The van der Waals surface area contributed by atoms with Gasteiger partial charge in [-0.05, 0) is 18.4 Å². The maximum Gasteiger partial charge on any atom is 0.289 e. The number of thiophene rings is 1. The molecule has 1 amide bonds. The van der Waals surface area contributed by atoms with E-state index in [9.17, 15) is 4.79 Å². The summed E-state index contributed by atoms with van der Waals surface area (Å²) >= 11 is 1.61. The molecule has 1 unspecified atom stereocenters. The normalized spacial score (nSPS) is 12.3. The van der Waals surface area contributed by atoms with Crippen molar-refractivity contribution in [3.63, 3.8) is 0 Å². The molecule has 0 spiro atoms. The quantitative estimate of drug-likeness (QED) is 0.823. The fourth-order valence-corrected chi connectivity index (χ4v) is 1.92. The van der Waals surface area contributed by atoms with Gasteiger partial charge in [-0.1, -0.05) is 6.07 Å². The first kappa shape index (κ1) is 9.85. The van der Waals surface area contributed by atoms with Crippen molar-refractivity contribution in [2.75, 3.05) is 0 Å². The fraction of sp³-hybridized carbons (Fsp3) is 0.222. The van der Waals surface area contributed by atoms with E-state index >= 15 is 0 Å². The molecule has 78 valence electrons. The number of nitrogens with zero attached hydrogens (tertiary/aromatic N) is 2. The first-order valence-electron chi connectivity index (χ1n) is 4.47. The molecule has 0 bridgehead atoms. The van der Waals surface area contributed by atoms with Crippen molar-refractivity contribution in [3.8, 4) is 0 Å². The smallest absolute Gasteiger partial charge is 0.289 e. The maximum atomic E-state index is 11.6. The third-order valence-corrected chi connectivity index (χ3v) is 3.00.